The normalized spacial score (nSPS) is 9.88. The first-order chi connectivity index (χ1) is 7.81. The lowest BCUT2D eigenvalue weighted by molar-refractivity contribution is -0.108. The van der Waals surface area contributed by atoms with E-state index in [1.807, 2.05) is 18.2 Å². The molecular formula is C12H16O4. The molecule has 0 unspecified atom stereocenters. The van der Waals surface area contributed by atoms with Gasteiger partial charge in [-0.25, -0.2) is 0 Å². The Kier molecular flexibility index (Phi) is 5.36. The first-order valence-electron chi connectivity index (χ1n) is 5.04. The van der Waals surface area contributed by atoms with Gasteiger partial charge in [-0.2, -0.15) is 0 Å². The summed E-state index contributed by atoms with van der Waals surface area (Å²) in [6.07, 6.45) is 1.27. The summed E-state index contributed by atoms with van der Waals surface area (Å²) in [4.78, 5) is 10.1. The lowest BCUT2D eigenvalue weighted by atomic mass is 10.2. The number of hydrogen-bond donors (Lipinski definition) is 0. The zero-order chi connectivity index (χ0) is 11.8. The second-order valence-corrected chi connectivity index (χ2v) is 3.20. The van der Waals surface area contributed by atoms with E-state index in [4.69, 9.17) is 14.2 Å². The Hall–Kier alpha value is -1.55. The van der Waals surface area contributed by atoms with Crippen molar-refractivity contribution < 1.29 is 19.0 Å². The predicted molar refractivity (Wildman–Crippen MR) is 59.9 cm³/mol. The van der Waals surface area contributed by atoms with Crippen LogP contribution >= 0.6 is 0 Å². The summed E-state index contributed by atoms with van der Waals surface area (Å²) in [5.74, 6) is 1.37. The summed E-state index contributed by atoms with van der Waals surface area (Å²) in [6, 6.07) is 5.60. The fourth-order valence-electron chi connectivity index (χ4n) is 1.29. The SMILES string of the molecule is COc1ccc(COCCC=O)cc1OC. The molecule has 1 aromatic carbocycles. The van der Waals surface area contributed by atoms with Gasteiger partial charge in [0.15, 0.2) is 11.5 Å². The molecule has 0 radical (unpaired) electrons. The Bertz CT molecular complexity index is 336. The molecule has 1 rings (SSSR count). The van der Waals surface area contributed by atoms with Gasteiger partial charge in [0.2, 0.25) is 0 Å². The molecule has 0 heterocycles. The maximum Gasteiger partial charge on any atom is 0.161 e. The third kappa shape index (κ3) is 3.55. The van der Waals surface area contributed by atoms with E-state index in [-0.39, 0.29) is 0 Å². The highest BCUT2D eigenvalue weighted by Crippen LogP contribution is 2.27. The lowest BCUT2D eigenvalue weighted by Gasteiger charge is -2.09. The van der Waals surface area contributed by atoms with Crippen molar-refractivity contribution in [3.05, 3.63) is 23.8 Å². The van der Waals surface area contributed by atoms with Gasteiger partial charge in [0.1, 0.15) is 6.29 Å². The average molecular weight is 224 g/mol. The van der Waals surface area contributed by atoms with Gasteiger partial charge in [0.05, 0.1) is 27.4 Å². The van der Waals surface area contributed by atoms with Gasteiger partial charge in [0, 0.05) is 6.42 Å². The van der Waals surface area contributed by atoms with Crippen LogP contribution in [-0.4, -0.2) is 27.1 Å². The topological polar surface area (TPSA) is 44.8 Å². The number of rotatable bonds is 7. The van der Waals surface area contributed by atoms with Crippen LogP contribution in [0.25, 0.3) is 0 Å². The van der Waals surface area contributed by atoms with Gasteiger partial charge in [-0.05, 0) is 17.7 Å². The molecular weight excluding hydrogens is 208 g/mol. The number of methoxy groups -OCH3 is 2. The Labute approximate surface area is 95.1 Å². The van der Waals surface area contributed by atoms with Crippen LogP contribution in [0, 0.1) is 0 Å². The summed E-state index contributed by atoms with van der Waals surface area (Å²) in [5, 5.41) is 0. The van der Waals surface area contributed by atoms with Crippen LogP contribution in [0.1, 0.15) is 12.0 Å². The molecule has 0 saturated heterocycles. The summed E-state index contributed by atoms with van der Waals surface area (Å²) in [6.45, 7) is 0.909. The minimum atomic E-state index is 0.424. The maximum atomic E-state index is 10.1. The summed E-state index contributed by atoms with van der Waals surface area (Å²) in [5.41, 5.74) is 0.989. The minimum absolute atomic E-state index is 0.424. The largest absolute Gasteiger partial charge is 0.493 e. The van der Waals surface area contributed by atoms with Crippen LogP contribution in [0.3, 0.4) is 0 Å². The molecule has 1 aromatic rings. The van der Waals surface area contributed by atoms with Crippen molar-refractivity contribution in [2.75, 3.05) is 20.8 Å². The highest BCUT2D eigenvalue weighted by Gasteiger charge is 2.04. The molecule has 4 heteroatoms. The van der Waals surface area contributed by atoms with Gasteiger partial charge < -0.3 is 19.0 Å². The summed E-state index contributed by atoms with van der Waals surface area (Å²) < 4.78 is 15.6. The first-order valence-corrected chi connectivity index (χ1v) is 5.04. The third-order valence-corrected chi connectivity index (χ3v) is 2.10. The fourth-order valence-corrected chi connectivity index (χ4v) is 1.29. The molecule has 0 saturated carbocycles. The fraction of sp³-hybridized carbons (Fsp3) is 0.417. The molecule has 88 valence electrons. The Morgan fingerprint density at radius 1 is 1.19 bits per heavy atom. The lowest BCUT2D eigenvalue weighted by Crippen LogP contribution is -1.97. The minimum Gasteiger partial charge on any atom is -0.493 e. The van der Waals surface area contributed by atoms with Gasteiger partial charge >= 0.3 is 0 Å². The van der Waals surface area contributed by atoms with Crippen LogP contribution in [0.5, 0.6) is 11.5 Å². The van der Waals surface area contributed by atoms with E-state index in [0.29, 0.717) is 31.1 Å². The van der Waals surface area contributed by atoms with Crippen molar-refractivity contribution in [3.63, 3.8) is 0 Å². The van der Waals surface area contributed by atoms with Gasteiger partial charge in [-0.3, -0.25) is 0 Å². The van der Waals surface area contributed by atoms with Crippen LogP contribution in [-0.2, 0) is 16.1 Å². The monoisotopic (exact) mass is 224 g/mol. The van der Waals surface area contributed by atoms with Crippen molar-refractivity contribution in [2.24, 2.45) is 0 Å². The second kappa shape index (κ2) is 6.85. The van der Waals surface area contributed by atoms with E-state index in [2.05, 4.69) is 0 Å². The van der Waals surface area contributed by atoms with E-state index in [0.717, 1.165) is 11.8 Å². The maximum absolute atomic E-state index is 10.1. The second-order valence-electron chi connectivity index (χ2n) is 3.20. The molecule has 0 fully saturated rings. The van der Waals surface area contributed by atoms with Crippen molar-refractivity contribution in [1.29, 1.82) is 0 Å². The van der Waals surface area contributed by atoms with Crippen molar-refractivity contribution >= 4 is 6.29 Å². The standard InChI is InChI=1S/C12H16O4/c1-14-11-5-4-10(8-12(11)15-2)9-16-7-3-6-13/h4-6,8H,3,7,9H2,1-2H3. The molecule has 0 aliphatic heterocycles. The molecule has 16 heavy (non-hydrogen) atoms. The molecule has 0 atom stereocenters. The number of aldehydes is 1. The molecule has 0 aromatic heterocycles. The van der Waals surface area contributed by atoms with Crippen LogP contribution in [0.15, 0.2) is 18.2 Å². The highest BCUT2D eigenvalue weighted by atomic mass is 16.5. The molecule has 4 nitrogen and oxygen atoms in total. The first kappa shape index (κ1) is 12.5. The van der Waals surface area contributed by atoms with E-state index in [1.54, 1.807) is 14.2 Å². The zero-order valence-electron chi connectivity index (χ0n) is 9.56. The predicted octanol–water partition coefficient (Wildman–Crippen LogP) is 1.81. The summed E-state index contributed by atoms with van der Waals surface area (Å²) in [7, 11) is 3.19. The van der Waals surface area contributed by atoms with E-state index >= 15 is 0 Å². The molecule has 0 aliphatic carbocycles. The van der Waals surface area contributed by atoms with E-state index < -0.39 is 0 Å². The van der Waals surface area contributed by atoms with Gasteiger partial charge in [-0.1, -0.05) is 6.07 Å². The number of carbonyl (C=O) groups excluding carboxylic acids is 1. The average Bonchev–Trinajstić information content (AvgIpc) is 2.34. The number of benzene rings is 1. The summed E-state index contributed by atoms with van der Waals surface area (Å²) >= 11 is 0. The third-order valence-electron chi connectivity index (χ3n) is 2.10. The van der Waals surface area contributed by atoms with Crippen molar-refractivity contribution in [2.45, 2.75) is 13.0 Å². The van der Waals surface area contributed by atoms with Crippen molar-refractivity contribution in [1.82, 2.24) is 0 Å². The Morgan fingerprint density at radius 3 is 2.56 bits per heavy atom. The van der Waals surface area contributed by atoms with Crippen LogP contribution < -0.4 is 9.47 Å². The number of ether oxygens (including phenoxy) is 3. The molecule has 0 aliphatic rings. The molecule has 0 bridgehead atoms. The highest BCUT2D eigenvalue weighted by molar-refractivity contribution is 5.49. The number of carbonyl (C=O) groups is 1. The van der Waals surface area contributed by atoms with Crippen LogP contribution in [0.4, 0.5) is 0 Å². The smallest absolute Gasteiger partial charge is 0.161 e. The van der Waals surface area contributed by atoms with Gasteiger partial charge in [0.25, 0.3) is 0 Å². The van der Waals surface area contributed by atoms with E-state index in [9.17, 15) is 4.79 Å². The van der Waals surface area contributed by atoms with Gasteiger partial charge in [-0.15, -0.1) is 0 Å². The molecule has 0 N–H and O–H groups in total. The van der Waals surface area contributed by atoms with Crippen molar-refractivity contribution in [3.8, 4) is 11.5 Å². The van der Waals surface area contributed by atoms with E-state index in [1.165, 1.54) is 0 Å². The molecule has 0 amide bonds. The molecule has 0 spiro atoms. The Morgan fingerprint density at radius 2 is 1.94 bits per heavy atom. The van der Waals surface area contributed by atoms with Crippen LogP contribution in [0.2, 0.25) is 0 Å². The Balaban J connectivity index is 2.57. The quantitative estimate of drug-likeness (QED) is 0.523. The number of hydrogen-bond acceptors (Lipinski definition) is 4. The zero-order valence-corrected chi connectivity index (χ0v) is 9.56.